The van der Waals surface area contributed by atoms with Crippen LogP contribution in [0.3, 0.4) is 0 Å². The van der Waals surface area contributed by atoms with E-state index < -0.39 is 0 Å². The van der Waals surface area contributed by atoms with E-state index in [1.165, 1.54) is 25.0 Å². The van der Waals surface area contributed by atoms with E-state index >= 15 is 0 Å². The fourth-order valence-corrected chi connectivity index (χ4v) is 1.42. The highest BCUT2D eigenvalue weighted by Crippen LogP contribution is 2.15. The van der Waals surface area contributed by atoms with Crippen molar-refractivity contribution in [2.75, 3.05) is 6.54 Å². The van der Waals surface area contributed by atoms with E-state index in [2.05, 4.69) is 11.1 Å². The molecule has 0 amide bonds. The quantitative estimate of drug-likeness (QED) is 0.617. The molecule has 0 aromatic rings. The molecule has 1 fully saturated rings. The first-order valence-electron chi connectivity index (χ1n) is 4.74. The summed E-state index contributed by atoms with van der Waals surface area (Å²) >= 11 is 0. The average molecular weight is 164 g/mol. The number of hydrogen-bond acceptors (Lipinski definition) is 2. The molecule has 66 valence electrons. The lowest BCUT2D eigenvalue weighted by atomic mass is 9.98. The Labute approximate surface area is 74.3 Å². The predicted molar refractivity (Wildman–Crippen MR) is 50.2 cm³/mol. The molecule has 1 aliphatic rings. The molecule has 0 aromatic heterocycles. The van der Waals surface area contributed by atoms with Crippen LogP contribution in [-0.4, -0.2) is 12.3 Å². The maximum absolute atomic E-state index is 8.54. The number of rotatable bonds is 2. The van der Waals surface area contributed by atoms with E-state index in [0.717, 1.165) is 12.8 Å². The summed E-state index contributed by atoms with van der Waals surface area (Å²) in [5.74, 6) is 0.0828. The van der Waals surface area contributed by atoms with E-state index in [1.54, 1.807) is 0 Å². The van der Waals surface area contributed by atoms with Crippen molar-refractivity contribution in [3.63, 3.8) is 0 Å². The van der Waals surface area contributed by atoms with Crippen LogP contribution >= 0.6 is 0 Å². The van der Waals surface area contributed by atoms with Crippen LogP contribution < -0.4 is 0 Å². The van der Waals surface area contributed by atoms with Gasteiger partial charge in [0.05, 0.1) is 18.5 Å². The molecule has 0 spiro atoms. The molecule has 2 nitrogen and oxygen atoms in total. The van der Waals surface area contributed by atoms with E-state index in [-0.39, 0.29) is 5.92 Å². The van der Waals surface area contributed by atoms with Crippen molar-refractivity contribution in [3.05, 3.63) is 0 Å². The summed E-state index contributed by atoms with van der Waals surface area (Å²) in [5.41, 5.74) is 1.34. The van der Waals surface area contributed by atoms with Gasteiger partial charge in [0.2, 0.25) is 0 Å². The second-order valence-corrected chi connectivity index (χ2v) is 3.50. The predicted octanol–water partition coefficient (Wildman–Crippen LogP) is 2.55. The van der Waals surface area contributed by atoms with Crippen molar-refractivity contribution in [3.8, 4) is 6.07 Å². The Kier molecular flexibility index (Phi) is 3.79. The largest absolute Gasteiger partial charge is 0.293 e. The number of nitriles is 1. The third-order valence-corrected chi connectivity index (χ3v) is 2.24. The molecule has 0 aromatic carbocycles. The van der Waals surface area contributed by atoms with Crippen molar-refractivity contribution < 1.29 is 0 Å². The molecule has 0 N–H and O–H groups in total. The summed E-state index contributed by atoms with van der Waals surface area (Å²) in [4.78, 5) is 4.45. The van der Waals surface area contributed by atoms with Gasteiger partial charge in [-0.1, -0.05) is 6.42 Å². The highest BCUT2D eigenvalue weighted by molar-refractivity contribution is 5.85. The second-order valence-electron chi connectivity index (χ2n) is 3.50. The smallest absolute Gasteiger partial charge is 0.0672 e. The van der Waals surface area contributed by atoms with Crippen molar-refractivity contribution in [1.82, 2.24) is 0 Å². The Morgan fingerprint density at radius 3 is 2.67 bits per heavy atom. The molecule has 0 saturated heterocycles. The SMILES string of the molecule is CC(C#N)CN=C1CCCCC1. The monoisotopic (exact) mass is 164 g/mol. The zero-order valence-electron chi connectivity index (χ0n) is 7.71. The Morgan fingerprint density at radius 1 is 1.42 bits per heavy atom. The van der Waals surface area contributed by atoms with Gasteiger partial charge in [0.1, 0.15) is 0 Å². The van der Waals surface area contributed by atoms with Crippen LogP contribution in [0.1, 0.15) is 39.0 Å². The Hall–Kier alpha value is -0.840. The summed E-state index contributed by atoms with van der Waals surface area (Å²) in [5, 5.41) is 8.54. The minimum Gasteiger partial charge on any atom is -0.293 e. The molecular formula is C10H16N2. The molecule has 1 aliphatic carbocycles. The molecule has 12 heavy (non-hydrogen) atoms. The third kappa shape index (κ3) is 3.04. The second kappa shape index (κ2) is 4.92. The standard InChI is InChI=1S/C10H16N2/c1-9(7-11)8-12-10-5-3-2-4-6-10/h9H,2-6,8H2,1H3. The van der Waals surface area contributed by atoms with Crippen molar-refractivity contribution in [2.45, 2.75) is 39.0 Å². The van der Waals surface area contributed by atoms with Gasteiger partial charge in [-0.05, 0) is 32.6 Å². The lowest BCUT2D eigenvalue weighted by molar-refractivity contribution is 0.656. The van der Waals surface area contributed by atoms with Gasteiger partial charge in [-0.3, -0.25) is 4.99 Å². The minimum atomic E-state index is 0.0828. The summed E-state index contributed by atoms with van der Waals surface area (Å²) < 4.78 is 0. The Balaban J connectivity index is 2.30. The average Bonchev–Trinajstić information content (AvgIpc) is 2.16. The molecule has 0 heterocycles. The highest BCUT2D eigenvalue weighted by atomic mass is 14.7. The topological polar surface area (TPSA) is 36.1 Å². The van der Waals surface area contributed by atoms with Crippen molar-refractivity contribution in [1.29, 1.82) is 5.26 Å². The number of aliphatic imine (C=N–C) groups is 1. The maximum Gasteiger partial charge on any atom is 0.0672 e. The van der Waals surface area contributed by atoms with Crippen LogP contribution in [-0.2, 0) is 0 Å². The lowest BCUT2D eigenvalue weighted by Crippen LogP contribution is -2.07. The first-order valence-corrected chi connectivity index (χ1v) is 4.74. The molecule has 1 rings (SSSR count). The molecule has 1 saturated carbocycles. The third-order valence-electron chi connectivity index (χ3n) is 2.24. The number of nitrogens with zero attached hydrogens (tertiary/aromatic N) is 2. The molecule has 0 bridgehead atoms. The summed E-state index contributed by atoms with van der Waals surface area (Å²) in [6, 6.07) is 2.20. The van der Waals surface area contributed by atoms with Gasteiger partial charge >= 0.3 is 0 Å². The van der Waals surface area contributed by atoms with E-state index in [0.29, 0.717) is 6.54 Å². The summed E-state index contributed by atoms with van der Waals surface area (Å²) in [6.45, 7) is 2.62. The first kappa shape index (κ1) is 9.25. The van der Waals surface area contributed by atoms with Crippen LogP contribution in [0, 0.1) is 17.2 Å². The van der Waals surface area contributed by atoms with Gasteiger partial charge in [0, 0.05) is 5.71 Å². The van der Waals surface area contributed by atoms with Gasteiger partial charge in [-0.15, -0.1) is 0 Å². The summed E-state index contributed by atoms with van der Waals surface area (Å²) in [6.07, 6.45) is 6.27. The zero-order chi connectivity index (χ0) is 8.81. The van der Waals surface area contributed by atoms with Gasteiger partial charge < -0.3 is 0 Å². The van der Waals surface area contributed by atoms with E-state index in [1.807, 2.05) is 6.92 Å². The van der Waals surface area contributed by atoms with E-state index in [9.17, 15) is 0 Å². The van der Waals surface area contributed by atoms with Crippen LogP contribution in [0.15, 0.2) is 4.99 Å². The molecule has 0 radical (unpaired) electrons. The number of hydrogen-bond donors (Lipinski definition) is 0. The zero-order valence-corrected chi connectivity index (χ0v) is 7.71. The molecule has 0 aliphatic heterocycles. The molecule has 2 heteroatoms. The van der Waals surface area contributed by atoms with Crippen LogP contribution in [0.5, 0.6) is 0 Å². The lowest BCUT2D eigenvalue weighted by Gasteiger charge is -2.12. The van der Waals surface area contributed by atoms with Gasteiger partial charge in [0.25, 0.3) is 0 Å². The summed E-state index contributed by atoms with van der Waals surface area (Å²) in [7, 11) is 0. The minimum absolute atomic E-state index is 0.0828. The fourth-order valence-electron chi connectivity index (χ4n) is 1.42. The molecule has 1 unspecified atom stereocenters. The maximum atomic E-state index is 8.54. The molecular weight excluding hydrogens is 148 g/mol. The van der Waals surface area contributed by atoms with Crippen LogP contribution in [0.2, 0.25) is 0 Å². The fraction of sp³-hybridized carbons (Fsp3) is 0.800. The van der Waals surface area contributed by atoms with Crippen molar-refractivity contribution in [2.24, 2.45) is 10.9 Å². The Bertz CT molecular complexity index is 192. The van der Waals surface area contributed by atoms with Gasteiger partial charge in [-0.2, -0.15) is 5.26 Å². The van der Waals surface area contributed by atoms with Crippen LogP contribution in [0.4, 0.5) is 0 Å². The normalized spacial score (nSPS) is 19.8. The van der Waals surface area contributed by atoms with E-state index in [4.69, 9.17) is 5.26 Å². The Morgan fingerprint density at radius 2 is 2.08 bits per heavy atom. The van der Waals surface area contributed by atoms with Crippen LogP contribution in [0.25, 0.3) is 0 Å². The van der Waals surface area contributed by atoms with Crippen molar-refractivity contribution >= 4 is 5.71 Å². The van der Waals surface area contributed by atoms with Gasteiger partial charge in [0.15, 0.2) is 0 Å². The molecule has 1 atom stereocenters. The van der Waals surface area contributed by atoms with Gasteiger partial charge in [-0.25, -0.2) is 0 Å². The highest BCUT2D eigenvalue weighted by Gasteiger charge is 2.06. The first-order chi connectivity index (χ1) is 5.83.